The van der Waals surface area contributed by atoms with Crippen molar-refractivity contribution in [3.8, 4) is 0 Å². The summed E-state index contributed by atoms with van der Waals surface area (Å²) in [5, 5.41) is 8.33. The minimum absolute atomic E-state index is 0.103. The van der Waals surface area contributed by atoms with Gasteiger partial charge in [-0.1, -0.05) is 6.07 Å². The van der Waals surface area contributed by atoms with Gasteiger partial charge in [0.05, 0.1) is 6.54 Å². The van der Waals surface area contributed by atoms with E-state index in [1.807, 2.05) is 12.1 Å². The predicted octanol–water partition coefficient (Wildman–Crippen LogP) is 0.155. The molecule has 3 N–H and O–H groups in total. The number of hydrogen-bond acceptors (Lipinski definition) is 6. The number of anilines is 1. The summed E-state index contributed by atoms with van der Waals surface area (Å²) < 4.78 is 5.28. The fourth-order valence-electron chi connectivity index (χ4n) is 3.97. The first-order valence-corrected chi connectivity index (χ1v) is 9.90. The summed E-state index contributed by atoms with van der Waals surface area (Å²) in [6.07, 6.45) is 2.19. The molecule has 3 aliphatic heterocycles. The van der Waals surface area contributed by atoms with Gasteiger partial charge >= 0.3 is 0 Å². The number of imide groups is 1. The molecular weight excluding hydrogens is 376 g/mol. The van der Waals surface area contributed by atoms with Gasteiger partial charge in [0, 0.05) is 43.5 Å². The van der Waals surface area contributed by atoms with Gasteiger partial charge in [-0.05, 0) is 37.0 Å². The van der Waals surface area contributed by atoms with Gasteiger partial charge in [-0.2, -0.15) is 0 Å². The van der Waals surface area contributed by atoms with Gasteiger partial charge in [0.1, 0.15) is 6.04 Å². The number of rotatable bonds is 5. The maximum Gasteiger partial charge on any atom is 0.255 e. The molecule has 2 saturated heterocycles. The van der Waals surface area contributed by atoms with Crippen LogP contribution in [0.4, 0.5) is 5.69 Å². The lowest BCUT2D eigenvalue weighted by atomic mass is 10.0. The Kier molecular flexibility index (Phi) is 5.48. The fourth-order valence-corrected chi connectivity index (χ4v) is 3.97. The molecule has 0 spiro atoms. The van der Waals surface area contributed by atoms with Crippen LogP contribution in [-0.2, 0) is 25.7 Å². The van der Waals surface area contributed by atoms with Crippen LogP contribution in [0.15, 0.2) is 18.2 Å². The second-order valence-electron chi connectivity index (χ2n) is 7.58. The number of benzene rings is 1. The normalized spacial score (nSPS) is 22.3. The number of piperidine rings is 1. The minimum atomic E-state index is -0.630. The number of nitrogens with zero attached hydrogens (tertiary/aromatic N) is 1. The molecule has 0 aromatic heterocycles. The summed E-state index contributed by atoms with van der Waals surface area (Å²) in [4.78, 5) is 49.9. The SMILES string of the molecule is O=C1CCC(N2Cc3ccc(NCC(=O)NC4CCOCC4)cc3C2=O)C(=O)N1. The van der Waals surface area contributed by atoms with Gasteiger partial charge in [0.15, 0.2) is 0 Å². The molecule has 4 amide bonds. The molecule has 9 heteroatoms. The Morgan fingerprint density at radius 3 is 2.72 bits per heavy atom. The van der Waals surface area contributed by atoms with Gasteiger partial charge in [0.2, 0.25) is 17.7 Å². The van der Waals surface area contributed by atoms with Crippen molar-refractivity contribution < 1.29 is 23.9 Å². The second-order valence-corrected chi connectivity index (χ2v) is 7.58. The van der Waals surface area contributed by atoms with Crippen LogP contribution in [-0.4, -0.2) is 60.4 Å². The molecule has 0 bridgehead atoms. The average Bonchev–Trinajstić information content (AvgIpc) is 3.03. The molecule has 0 aliphatic carbocycles. The highest BCUT2D eigenvalue weighted by Gasteiger charge is 2.39. The Hall–Kier alpha value is -2.94. The van der Waals surface area contributed by atoms with Gasteiger partial charge in [-0.15, -0.1) is 0 Å². The molecule has 1 unspecified atom stereocenters. The molecule has 1 aromatic rings. The molecule has 2 fully saturated rings. The fraction of sp³-hybridized carbons (Fsp3) is 0.500. The van der Waals surface area contributed by atoms with Gasteiger partial charge in [0.25, 0.3) is 5.91 Å². The minimum Gasteiger partial charge on any atom is -0.381 e. The number of nitrogens with one attached hydrogen (secondary N) is 3. The Morgan fingerprint density at radius 1 is 1.17 bits per heavy atom. The number of amides is 4. The molecule has 9 nitrogen and oxygen atoms in total. The van der Waals surface area contributed by atoms with Crippen LogP contribution in [0.2, 0.25) is 0 Å². The Morgan fingerprint density at radius 2 is 1.97 bits per heavy atom. The van der Waals surface area contributed by atoms with E-state index in [9.17, 15) is 19.2 Å². The van der Waals surface area contributed by atoms with Gasteiger partial charge in [-0.25, -0.2) is 0 Å². The molecule has 3 heterocycles. The first kappa shape index (κ1) is 19.4. The zero-order valence-electron chi connectivity index (χ0n) is 16.0. The van der Waals surface area contributed by atoms with Crippen molar-refractivity contribution in [1.82, 2.24) is 15.5 Å². The van der Waals surface area contributed by atoms with E-state index in [1.165, 1.54) is 4.90 Å². The molecule has 1 aromatic carbocycles. The van der Waals surface area contributed by atoms with Crippen molar-refractivity contribution in [1.29, 1.82) is 0 Å². The summed E-state index contributed by atoms with van der Waals surface area (Å²) in [6.45, 7) is 1.77. The van der Waals surface area contributed by atoms with Gasteiger partial charge in [-0.3, -0.25) is 24.5 Å². The van der Waals surface area contributed by atoms with Crippen LogP contribution in [0, 0.1) is 0 Å². The van der Waals surface area contributed by atoms with Crippen LogP contribution in [0.5, 0.6) is 0 Å². The number of carbonyl (C=O) groups is 4. The lowest BCUT2D eigenvalue weighted by molar-refractivity contribution is -0.137. The van der Waals surface area contributed by atoms with E-state index in [4.69, 9.17) is 4.74 Å². The van der Waals surface area contributed by atoms with Crippen LogP contribution in [0.25, 0.3) is 0 Å². The van der Waals surface area contributed by atoms with Crippen molar-refractivity contribution >= 4 is 29.3 Å². The summed E-state index contributed by atoms with van der Waals surface area (Å²) in [6, 6.07) is 4.88. The third-order valence-corrected chi connectivity index (χ3v) is 5.57. The Bertz CT molecular complexity index is 849. The van der Waals surface area contributed by atoms with Crippen LogP contribution >= 0.6 is 0 Å². The van der Waals surface area contributed by atoms with Crippen LogP contribution in [0.3, 0.4) is 0 Å². The third kappa shape index (κ3) is 4.24. The molecule has 0 saturated carbocycles. The predicted molar refractivity (Wildman–Crippen MR) is 103 cm³/mol. The maximum absolute atomic E-state index is 12.8. The monoisotopic (exact) mass is 400 g/mol. The smallest absolute Gasteiger partial charge is 0.255 e. The van der Waals surface area contributed by atoms with Crippen molar-refractivity contribution in [2.45, 2.75) is 44.3 Å². The summed E-state index contributed by atoms with van der Waals surface area (Å²) >= 11 is 0. The highest BCUT2D eigenvalue weighted by atomic mass is 16.5. The highest BCUT2D eigenvalue weighted by molar-refractivity contribution is 6.05. The highest BCUT2D eigenvalue weighted by Crippen LogP contribution is 2.29. The Labute approximate surface area is 168 Å². The van der Waals surface area contributed by atoms with Crippen LogP contribution in [0.1, 0.15) is 41.6 Å². The summed E-state index contributed by atoms with van der Waals surface area (Å²) in [5.74, 6) is -1.06. The topological polar surface area (TPSA) is 117 Å². The lowest BCUT2D eigenvalue weighted by Crippen LogP contribution is -2.52. The van der Waals surface area contributed by atoms with Gasteiger partial charge < -0.3 is 20.3 Å². The molecule has 29 heavy (non-hydrogen) atoms. The summed E-state index contributed by atoms with van der Waals surface area (Å²) in [5.41, 5.74) is 2.02. The molecule has 3 aliphatic rings. The van der Waals surface area contributed by atoms with Crippen molar-refractivity contribution in [3.05, 3.63) is 29.3 Å². The molecule has 1 atom stereocenters. The van der Waals surface area contributed by atoms with Crippen LogP contribution < -0.4 is 16.0 Å². The van der Waals surface area contributed by atoms with E-state index in [1.54, 1.807) is 6.07 Å². The van der Waals surface area contributed by atoms with E-state index in [0.717, 1.165) is 18.4 Å². The molecule has 4 rings (SSSR count). The zero-order valence-corrected chi connectivity index (χ0v) is 16.0. The third-order valence-electron chi connectivity index (χ3n) is 5.57. The largest absolute Gasteiger partial charge is 0.381 e. The first-order valence-electron chi connectivity index (χ1n) is 9.90. The lowest BCUT2D eigenvalue weighted by Gasteiger charge is -2.29. The second kappa shape index (κ2) is 8.20. The van der Waals surface area contributed by atoms with E-state index in [0.29, 0.717) is 37.4 Å². The average molecular weight is 400 g/mol. The molecule has 0 radical (unpaired) electrons. The first-order chi connectivity index (χ1) is 14.0. The van der Waals surface area contributed by atoms with E-state index in [2.05, 4.69) is 16.0 Å². The molecule has 154 valence electrons. The van der Waals surface area contributed by atoms with Crippen molar-refractivity contribution in [2.24, 2.45) is 0 Å². The van der Waals surface area contributed by atoms with E-state index < -0.39 is 11.9 Å². The number of carbonyl (C=O) groups excluding carboxylic acids is 4. The number of fused-ring (bicyclic) bond motifs is 1. The Balaban J connectivity index is 1.36. The quantitative estimate of drug-likeness (QED) is 0.606. The molecular formula is C20H24N4O5. The van der Waals surface area contributed by atoms with Crippen molar-refractivity contribution in [2.75, 3.05) is 25.1 Å². The number of ether oxygens (including phenoxy) is 1. The maximum atomic E-state index is 12.8. The zero-order chi connectivity index (χ0) is 20.4. The van der Waals surface area contributed by atoms with Crippen molar-refractivity contribution in [3.63, 3.8) is 0 Å². The summed E-state index contributed by atoms with van der Waals surface area (Å²) in [7, 11) is 0. The number of hydrogen-bond donors (Lipinski definition) is 3. The standard InChI is InChI=1S/C20H24N4O5/c25-17-4-3-16(19(27)23-17)24-11-12-1-2-14(9-15(12)20(24)28)21-10-18(26)22-13-5-7-29-8-6-13/h1-2,9,13,16,21H,3-8,10-11H2,(H,22,26)(H,23,25,27). The van der Waals surface area contributed by atoms with E-state index in [-0.39, 0.29) is 36.7 Å². The van der Waals surface area contributed by atoms with E-state index >= 15 is 0 Å².